The second kappa shape index (κ2) is 6.91. The van der Waals surface area contributed by atoms with Gasteiger partial charge in [0, 0.05) is 32.6 Å². The lowest BCUT2D eigenvalue weighted by Gasteiger charge is -2.33. The zero-order chi connectivity index (χ0) is 16.2. The number of esters is 1. The molecule has 0 spiro atoms. The van der Waals surface area contributed by atoms with Crippen molar-refractivity contribution >= 4 is 17.4 Å². The van der Waals surface area contributed by atoms with Gasteiger partial charge in [0.05, 0.1) is 13.0 Å². The van der Waals surface area contributed by atoms with Crippen molar-refractivity contribution in [1.82, 2.24) is 24.7 Å². The van der Waals surface area contributed by atoms with E-state index in [1.54, 1.807) is 11.4 Å². The highest BCUT2D eigenvalue weighted by molar-refractivity contribution is 5.69. The maximum atomic E-state index is 11.5. The van der Waals surface area contributed by atoms with E-state index in [1.807, 2.05) is 12.1 Å². The van der Waals surface area contributed by atoms with Gasteiger partial charge in [0.2, 0.25) is 0 Å². The van der Waals surface area contributed by atoms with Gasteiger partial charge in [-0.1, -0.05) is 0 Å². The average molecular weight is 318 g/mol. The van der Waals surface area contributed by atoms with Crippen molar-refractivity contribution in [2.24, 2.45) is 0 Å². The number of piperazine rings is 1. The van der Waals surface area contributed by atoms with Crippen LogP contribution in [-0.4, -0.2) is 70.5 Å². The second-order valence-corrected chi connectivity index (χ2v) is 5.67. The fourth-order valence-corrected chi connectivity index (χ4v) is 2.63. The average Bonchev–Trinajstić information content (AvgIpc) is 2.96. The van der Waals surface area contributed by atoms with Crippen molar-refractivity contribution in [3.8, 4) is 0 Å². The largest absolute Gasteiger partial charge is 0.466 e. The number of anilines is 1. The molecule has 8 heteroatoms. The Morgan fingerprint density at radius 2 is 2.00 bits per heavy atom. The quantitative estimate of drug-likeness (QED) is 0.737. The topological polar surface area (TPSA) is 75.9 Å². The first-order valence-electron chi connectivity index (χ1n) is 7.98. The number of hydrogen-bond donors (Lipinski definition) is 0. The summed E-state index contributed by atoms with van der Waals surface area (Å²) in [7, 11) is 2.13. The van der Waals surface area contributed by atoms with Crippen molar-refractivity contribution in [3.05, 3.63) is 18.0 Å². The van der Waals surface area contributed by atoms with Gasteiger partial charge in [0.25, 0.3) is 0 Å². The van der Waals surface area contributed by atoms with Gasteiger partial charge in [-0.15, -0.1) is 15.3 Å². The molecule has 2 aromatic heterocycles. The van der Waals surface area contributed by atoms with Crippen molar-refractivity contribution in [2.45, 2.75) is 19.8 Å². The lowest BCUT2D eigenvalue weighted by atomic mass is 10.3. The van der Waals surface area contributed by atoms with Gasteiger partial charge in [0.1, 0.15) is 5.82 Å². The summed E-state index contributed by atoms with van der Waals surface area (Å²) >= 11 is 0. The Morgan fingerprint density at radius 3 is 2.74 bits per heavy atom. The predicted molar refractivity (Wildman–Crippen MR) is 85.4 cm³/mol. The zero-order valence-electron chi connectivity index (χ0n) is 13.6. The molecule has 1 aliphatic heterocycles. The summed E-state index contributed by atoms with van der Waals surface area (Å²) in [5.41, 5.74) is 0.696. The minimum atomic E-state index is -0.223. The van der Waals surface area contributed by atoms with E-state index in [1.165, 1.54) is 0 Å². The van der Waals surface area contributed by atoms with Crippen LogP contribution in [-0.2, 0) is 16.0 Å². The minimum Gasteiger partial charge on any atom is -0.466 e. The van der Waals surface area contributed by atoms with E-state index < -0.39 is 0 Å². The highest BCUT2D eigenvalue weighted by atomic mass is 16.5. The number of hydrogen-bond acceptors (Lipinski definition) is 7. The summed E-state index contributed by atoms with van der Waals surface area (Å²) < 4.78 is 6.68. The van der Waals surface area contributed by atoms with E-state index in [9.17, 15) is 4.79 Å². The van der Waals surface area contributed by atoms with Crippen LogP contribution in [0.4, 0.5) is 5.82 Å². The summed E-state index contributed by atoms with van der Waals surface area (Å²) in [4.78, 5) is 16.1. The molecule has 0 bridgehead atoms. The molecule has 0 atom stereocenters. The number of nitrogens with zero attached hydrogens (tertiary/aromatic N) is 6. The van der Waals surface area contributed by atoms with Crippen LogP contribution in [0.25, 0.3) is 5.65 Å². The summed E-state index contributed by atoms with van der Waals surface area (Å²) in [6.45, 7) is 6.15. The Morgan fingerprint density at radius 1 is 1.22 bits per heavy atom. The molecule has 2 aromatic rings. The molecule has 1 fully saturated rings. The van der Waals surface area contributed by atoms with Crippen LogP contribution < -0.4 is 4.90 Å². The van der Waals surface area contributed by atoms with Crippen molar-refractivity contribution < 1.29 is 9.53 Å². The molecule has 1 aliphatic rings. The molecule has 1 saturated heterocycles. The van der Waals surface area contributed by atoms with Crippen molar-refractivity contribution in [1.29, 1.82) is 0 Å². The third-order valence-corrected chi connectivity index (χ3v) is 4.00. The standard InChI is InChI=1S/C15H22N6O2/c1-3-23-15(22)7-6-13-17-16-12-4-5-14(18-21(12)13)20-10-8-19(2)9-11-20/h4-5H,3,6-11H2,1-2H3. The summed E-state index contributed by atoms with van der Waals surface area (Å²) in [6, 6.07) is 3.89. The molecule has 3 heterocycles. The maximum Gasteiger partial charge on any atom is 0.306 e. The SMILES string of the molecule is CCOC(=O)CCc1nnc2ccc(N3CCN(C)CC3)nn12. The molecule has 0 unspecified atom stereocenters. The number of ether oxygens (including phenoxy) is 1. The smallest absolute Gasteiger partial charge is 0.306 e. The van der Waals surface area contributed by atoms with E-state index in [4.69, 9.17) is 4.74 Å². The fraction of sp³-hybridized carbons (Fsp3) is 0.600. The van der Waals surface area contributed by atoms with Crippen molar-refractivity contribution in [3.63, 3.8) is 0 Å². The number of likely N-dealkylation sites (N-methyl/N-ethyl adjacent to an activating group) is 1. The third kappa shape index (κ3) is 3.58. The van der Waals surface area contributed by atoms with E-state index in [2.05, 4.69) is 32.1 Å². The number of fused-ring (bicyclic) bond motifs is 1. The first-order valence-corrected chi connectivity index (χ1v) is 7.98. The Hall–Kier alpha value is -2.22. The molecule has 23 heavy (non-hydrogen) atoms. The maximum absolute atomic E-state index is 11.5. The van der Waals surface area contributed by atoms with Crippen LogP contribution in [0.5, 0.6) is 0 Å². The highest BCUT2D eigenvalue weighted by Crippen LogP contribution is 2.15. The molecule has 0 radical (unpaired) electrons. The summed E-state index contributed by atoms with van der Waals surface area (Å²) in [5.74, 6) is 1.38. The molecular weight excluding hydrogens is 296 g/mol. The van der Waals surface area contributed by atoms with Gasteiger partial charge >= 0.3 is 5.97 Å². The summed E-state index contributed by atoms with van der Waals surface area (Å²) in [5, 5.41) is 12.9. The molecule has 0 saturated carbocycles. The van der Waals surface area contributed by atoms with Gasteiger partial charge in [0.15, 0.2) is 11.5 Å². The minimum absolute atomic E-state index is 0.223. The van der Waals surface area contributed by atoms with Crippen molar-refractivity contribution in [2.75, 3.05) is 44.7 Å². The Balaban J connectivity index is 1.75. The third-order valence-electron chi connectivity index (χ3n) is 4.00. The van der Waals surface area contributed by atoms with Crippen LogP contribution in [0.15, 0.2) is 12.1 Å². The molecular formula is C15H22N6O2. The number of aromatic nitrogens is 4. The molecule has 0 aliphatic carbocycles. The Labute approximate surface area is 135 Å². The zero-order valence-corrected chi connectivity index (χ0v) is 13.6. The van der Waals surface area contributed by atoms with Crippen LogP contribution >= 0.6 is 0 Å². The first kappa shape index (κ1) is 15.7. The van der Waals surface area contributed by atoms with E-state index >= 15 is 0 Å². The van der Waals surface area contributed by atoms with Crippen LogP contribution in [0.1, 0.15) is 19.2 Å². The molecule has 0 amide bonds. The van der Waals surface area contributed by atoms with Crippen LogP contribution in [0.2, 0.25) is 0 Å². The number of rotatable bonds is 5. The van der Waals surface area contributed by atoms with Gasteiger partial charge in [-0.2, -0.15) is 4.52 Å². The lowest BCUT2D eigenvalue weighted by molar-refractivity contribution is -0.143. The Bertz CT molecular complexity index is 678. The van der Waals surface area contributed by atoms with Crippen LogP contribution in [0.3, 0.4) is 0 Å². The first-order chi connectivity index (χ1) is 11.2. The predicted octanol–water partition coefficient (Wildman–Crippen LogP) is 0.372. The monoisotopic (exact) mass is 318 g/mol. The van der Waals surface area contributed by atoms with E-state index in [-0.39, 0.29) is 12.4 Å². The second-order valence-electron chi connectivity index (χ2n) is 5.67. The van der Waals surface area contributed by atoms with Gasteiger partial charge < -0.3 is 14.5 Å². The van der Waals surface area contributed by atoms with Gasteiger partial charge in [-0.05, 0) is 26.1 Å². The van der Waals surface area contributed by atoms with Gasteiger partial charge in [-0.3, -0.25) is 4.79 Å². The Kier molecular flexibility index (Phi) is 4.71. The lowest BCUT2D eigenvalue weighted by Crippen LogP contribution is -2.45. The van der Waals surface area contributed by atoms with E-state index in [0.717, 1.165) is 32.0 Å². The molecule has 3 rings (SSSR count). The van der Waals surface area contributed by atoms with Crippen LogP contribution in [0, 0.1) is 0 Å². The molecule has 0 N–H and O–H groups in total. The van der Waals surface area contributed by atoms with E-state index in [0.29, 0.717) is 24.5 Å². The summed E-state index contributed by atoms with van der Waals surface area (Å²) in [6.07, 6.45) is 0.758. The molecule has 0 aromatic carbocycles. The molecule has 124 valence electrons. The number of aryl methyl sites for hydroxylation is 1. The number of carbonyl (C=O) groups excluding carboxylic acids is 1. The van der Waals surface area contributed by atoms with Gasteiger partial charge in [-0.25, -0.2) is 0 Å². The normalized spacial score (nSPS) is 16.0. The molecule has 8 nitrogen and oxygen atoms in total. The number of carbonyl (C=O) groups is 1. The fourth-order valence-electron chi connectivity index (χ4n) is 2.63. The highest BCUT2D eigenvalue weighted by Gasteiger charge is 2.17.